The van der Waals surface area contributed by atoms with Crippen LogP contribution in [0.25, 0.3) is 0 Å². The Morgan fingerprint density at radius 3 is 2.93 bits per heavy atom. The zero-order chi connectivity index (χ0) is 10.6. The fraction of sp³-hybridized carbons (Fsp3) is 0.100. The first kappa shape index (κ1) is 10.6. The van der Waals surface area contributed by atoms with Crippen molar-refractivity contribution in [1.29, 1.82) is 0 Å². The minimum atomic E-state index is -0.323. The minimum absolute atomic E-state index is 0.323. The number of methoxy groups -OCH3 is 1. The van der Waals surface area contributed by atoms with E-state index >= 15 is 0 Å². The highest BCUT2D eigenvalue weighted by molar-refractivity contribution is 6.34. The van der Waals surface area contributed by atoms with E-state index in [-0.39, 0.29) is 5.91 Å². The third kappa shape index (κ3) is 2.26. The summed E-state index contributed by atoms with van der Waals surface area (Å²) in [6.07, 6.45) is 1.17. The van der Waals surface area contributed by atoms with Gasteiger partial charge in [0.25, 0.3) is 0 Å². The molecule has 0 unspecified atom stereocenters. The van der Waals surface area contributed by atoms with Gasteiger partial charge in [-0.2, -0.15) is 0 Å². The molecule has 1 aromatic carbocycles. The Labute approximate surface area is 87.3 Å². The molecule has 1 rings (SSSR count). The molecule has 0 aliphatic heterocycles. The number of para-hydroxylation sites is 1. The molecule has 0 heterocycles. The van der Waals surface area contributed by atoms with Crippen LogP contribution in [0.5, 0.6) is 5.75 Å². The summed E-state index contributed by atoms with van der Waals surface area (Å²) in [7, 11) is 1.51. The normalized spacial score (nSPS) is 9.29. The molecule has 1 aromatic rings. The van der Waals surface area contributed by atoms with Crippen LogP contribution in [0.4, 0.5) is 5.69 Å². The number of amides is 1. The summed E-state index contributed by atoms with van der Waals surface area (Å²) in [6.45, 7) is 3.35. The Morgan fingerprint density at radius 1 is 1.64 bits per heavy atom. The molecule has 0 spiro atoms. The molecule has 0 fully saturated rings. The van der Waals surface area contributed by atoms with Gasteiger partial charge in [0.15, 0.2) is 0 Å². The van der Waals surface area contributed by atoms with E-state index in [0.717, 1.165) is 0 Å². The Bertz CT molecular complexity index is 363. The van der Waals surface area contributed by atoms with Crippen molar-refractivity contribution in [1.82, 2.24) is 0 Å². The molecule has 0 radical (unpaired) electrons. The smallest absolute Gasteiger partial charge is 0.247 e. The molecule has 1 N–H and O–H groups in total. The Hall–Kier alpha value is -1.48. The lowest BCUT2D eigenvalue weighted by molar-refractivity contribution is -0.111. The molecule has 3 nitrogen and oxygen atoms in total. The zero-order valence-electron chi connectivity index (χ0n) is 7.71. The van der Waals surface area contributed by atoms with E-state index in [4.69, 9.17) is 16.3 Å². The topological polar surface area (TPSA) is 38.3 Å². The van der Waals surface area contributed by atoms with Crippen molar-refractivity contribution in [3.8, 4) is 5.75 Å². The fourth-order valence-electron chi connectivity index (χ4n) is 0.970. The Balaban J connectivity index is 3.04. The summed E-state index contributed by atoms with van der Waals surface area (Å²) in [5, 5.41) is 3.00. The van der Waals surface area contributed by atoms with E-state index in [0.29, 0.717) is 16.5 Å². The lowest BCUT2D eigenvalue weighted by Crippen LogP contribution is -2.08. The largest absolute Gasteiger partial charge is 0.495 e. The molecule has 0 aliphatic carbocycles. The monoisotopic (exact) mass is 211 g/mol. The lowest BCUT2D eigenvalue weighted by atomic mass is 10.3. The quantitative estimate of drug-likeness (QED) is 0.780. The standard InChI is InChI=1S/C10H10ClNO2/c1-3-9(13)12-10-7(11)5-4-6-8(10)14-2/h3-6H,1H2,2H3,(H,12,13). The minimum Gasteiger partial charge on any atom is -0.495 e. The van der Waals surface area contributed by atoms with Crippen molar-refractivity contribution in [2.45, 2.75) is 0 Å². The van der Waals surface area contributed by atoms with Gasteiger partial charge in [-0.05, 0) is 18.2 Å². The van der Waals surface area contributed by atoms with E-state index in [1.807, 2.05) is 0 Å². The highest BCUT2D eigenvalue weighted by Crippen LogP contribution is 2.31. The van der Waals surface area contributed by atoms with Gasteiger partial charge < -0.3 is 10.1 Å². The van der Waals surface area contributed by atoms with Crippen molar-refractivity contribution >= 4 is 23.2 Å². The van der Waals surface area contributed by atoms with Gasteiger partial charge in [-0.1, -0.05) is 24.2 Å². The van der Waals surface area contributed by atoms with Gasteiger partial charge in [-0.15, -0.1) is 0 Å². The van der Waals surface area contributed by atoms with E-state index in [2.05, 4.69) is 11.9 Å². The number of rotatable bonds is 3. The molecule has 0 atom stereocenters. The Morgan fingerprint density at radius 2 is 2.36 bits per heavy atom. The maximum atomic E-state index is 11.1. The van der Waals surface area contributed by atoms with Crippen molar-refractivity contribution in [2.24, 2.45) is 0 Å². The lowest BCUT2D eigenvalue weighted by Gasteiger charge is -2.09. The second kappa shape index (κ2) is 4.67. The molecular weight excluding hydrogens is 202 g/mol. The van der Waals surface area contributed by atoms with E-state index in [1.54, 1.807) is 18.2 Å². The highest BCUT2D eigenvalue weighted by atomic mass is 35.5. The van der Waals surface area contributed by atoms with Crippen LogP contribution in [0.3, 0.4) is 0 Å². The molecule has 0 saturated heterocycles. The zero-order valence-corrected chi connectivity index (χ0v) is 8.47. The van der Waals surface area contributed by atoms with Crippen LogP contribution < -0.4 is 10.1 Å². The van der Waals surface area contributed by atoms with Crippen LogP contribution in [0.2, 0.25) is 5.02 Å². The molecule has 1 amide bonds. The molecular formula is C10H10ClNO2. The van der Waals surface area contributed by atoms with Gasteiger partial charge in [0, 0.05) is 0 Å². The average Bonchev–Trinajstić information content (AvgIpc) is 2.20. The van der Waals surface area contributed by atoms with Gasteiger partial charge in [0.1, 0.15) is 11.4 Å². The highest BCUT2D eigenvalue weighted by Gasteiger charge is 2.08. The van der Waals surface area contributed by atoms with Crippen molar-refractivity contribution < 1.29 is 9.53 Å². The summed E-state index contributed by atoms with van der Waals surface area (Å²) in [5.41, 5.74) is 0.460. The molecule has 14 heavy (non-hydrogen) atoms. The number of ether oxygens (including phenoxy) is 1. The number of benzene rings is 1. The summed E-state index contributed by atoms with van der Waals surface area (Å²) >= 11 is 5.88. The van der Waals surface area contributed by atoms with Crippen LogP contribution in [-0.4, -0.2) is 13.0 Å². The van der Waals surface area contributed by atoms with Crippen LogP contribution in [-0.2, 0) is 4.79 Å². The molecule has 0 aromatic heterocycles. The second-order valence-electron chi connectivity index (χ2n) is 2.51. The predicted octanol–water partition coefficient (Wildman–Crippen LogP) is 2.47. The van der Waals surface area contributed by atoms with E-state index in [9.17, 15) is 4.79 Å². The van der Waals surface area contributed by atoms with E-state index < -0.39 is 0 Å². The number of nitrogens with one attached hydrogen (secondary N) is 1. The number of anilines is 1. The maximum absolute atomic E-state index is 11.1. The predicted molar refractivity (Wildman–Crippen MR) is 56.8 cm³/mol. The SMILES string of the molecule is C=CC(=O)Nc1c(Cl)cccc1OC. The third-order valence-corrected chi connectivity index (χ3v) is 1.94. The van der Waals surface area contributed by atoms with Gasteiger partial charge in [0.05, 0.1) is 12.1 Å². The van der Waals surface area contributed by atoms with Crippen molar-refractivity contribution in [3.63, 3.8) is 0 Å². The fourth-order valence-corrected chi connectivity index (χ4v) is 1.18. The van der Waals surface area contributed by atoms with Crippen LogP contribution in [0.1, 0.15) is 0 Å². The first-order chi connectivity index (χ1) is 6.69. The number of carbonyl (C=O) groups excluding carboxylic acids is 1. The van der Waals surface area contributed by atoms with Crippen molar-refractivity contribution in [3.05, 3.63) is 35.9 Å². The number of halogens is 1. The van der Waals surface area contributed by atoms with Gasteiger partial charge in [-0.25, -0.2) is 0 Å². The Kier molecular flexibility index (Phi) is 3.54. The summed E-state index contributed by atoms with van der Waals surface area (Å²) in [4.78, 5) is 11.1. The van der Waals surface area contributed by atoms with Crippen molar-refractivity contribution in [2.75, 3.05) is 12.4 Å². The third-order valence-electron chi connectivity index (χ3n) is 1.63. The molecule has 0 bridgehead atoms. The van der Waals surface area contributed by atoms with Crippen LogP contribution >= 0.6 is 11.6 Å². The molecule has 0 saturated carbocycles. The van der Waals surface area contributed by atoms with Crippen LogP contribution in [0.15, 0.2) is 30.9 Å². The molecule has 4 heteroatoms. The molecule has 74 valence electrons. The first-order valence-electron chi connectivity index (χ1n) is 3.95. The van der Waals surface area contributed by atoms with Gasteiger partial charge in [-0.3, -0.25) is 4.79 Å². The first-order valence-corrected chi connectivity index (χ1v) is 4.32. The summed E-state index contributed by atoms with van der Waals surface area (Å²) in [6, 6.07) is 5.12. The number of carbonyl (C=O) groups is 1. The second-order valence-corrected chi connectivity index (χ2v) is 2.92. The van der Waals surface area contributed by atoms with Gasteiger partial charge >= 0.3 is 0 Å². The number of hydrogen-bond donors (Lipinski definition) is 1. The number of hydrogen-bond acceptors (Lipinski definition) is 2. The molecule has 0 aliphatic rings. The van der Waals surface area contributed by atoms with E-state index in [1.165, 1.54) is 13.2 Å². The maximum Gasteiger partial charge on any atom is 0.247 e. The summed E-state index contributed by atoms with van der Waals surface area (Å²) in [5.74, 6) is 0.198. The van der Waals surface area contributed by atoms with Gasteiger partial charge in [0.2, 0.25) is 5.91 Å². The van der Waals surface area contributed by atoms with Crippen LogP contribution in [0, 0.1) is 0 Å². The average molecular weight is 212 g/mol. The summed E-state index contributed by atoms with van der Waals surface area (Å²) < 4.78 is 5.04.